The number of aliphatic hydroxyl groups is 1. The van der Waals surface area contributed by atoms with Crippen LogP contribution in [0.3, 0.4) is 0 Å². The highest BCUT2D eigenvalue weighted by molar-refractivity contribution is 5.91. The summed E-state index contributed by atoms with van der Waals surface area (Å²) in [4.78, 5) is 38.0. The Morgan fingerprint density at radius 2 is 1.84 bits per heavy atom. The number of benzene rings is 1. The highest BCUT2D eigenvalue weighted by atomic mass is 16.5. The molecule has 0 aliphatic carbocycles. The maximum absolute atomic E-state index is 13.0. The van der Waals surface area contributed by atoms with Gasteiger partial charge in [0.05, 0.1) is 18.6 Å². The van der Waals surface area contributed by atoms with Crippen LogP contribution in [0, 0.1) is 11.8 Å². The molecule has 1 aromatic rings. The molecule has 4 N–H and O–H groups in total. The van der Waals surface area contributed by atoms with Crippen molar-refractivity contribution in [2.45, 2.75) is 104 Å². The van der Waals surface area contributed by atoms with E-state index in [0.29, 0.717) is 37.3 Å². The predicted molar refractivity (Wildman–Crippen MR) is 178 cm³/mol. The summed E-state index contributed by atoms with van der Waals surface area (Å²) in [7, 11) is 1.53. The monoisotopic (exact) mass is 624 g/mol. The molecule has 1 heterocycles. The summed E-state index contributed by atoms with van der Waals surface area (Å²) in [5.41, 5.74) is 2.05. The molecule has 0 radical (unpaired) electrons. The molecule has 0 fully saturated rings. The van der Waals surface area contributed by atoms with Crippen LogP contribution in [0.25, 0.3) is 0 Å². The molecule has 248 valence electrons. The van der Waals surface area contributed by atoms with E-state index < -0.39 is 36.2 Å². The van der Waals surface area contributed by atoms with Gasteiger partial charge in [0.2, 0.25) is 11.8 Å². The number of anilines is 1. The molecule has 2 bridgehead atoms. The Bertz CT molecular complexity index is 1230. The second-order valence-electron chi connectivity index (χ2n) is 12.2. The highest BCUT2D eigenvalue weighted by Gasteiger charge is 2.29. The summed E-state index contributed by atoms with van der Waals surface area (Å²) in [5, 5.41) is 27.0. The molecule has 9 nitrogen and oxygen atoms in total. The lowest BCUT2D eigenvalue weighted by atomic mass is 9.90. The first-order valence-corrected chi connectivity index (χ1v) is 15.9. The summed E-state index contributed by atoms with van der Waals surface area (Å²) in [6, 6.07) is 4.14. The molecule has 2 amide bonds. The normalized spacial score (nSPS) is 22.6. The van der Waals surface area contributed by atoms with Gasteiger partial charge in [0.15, 0.2) is 0 Å². The number of phenols is 1. The molecule has 9 heteroatoms. The molecule has 5 atom stereocenters. The number of phenolic OH excluding ortho intramolecular Hbond substituents is 1. The van der Waals surface area contributed by atoms with Crippen LogP contribution >= 0.6 is 0 Å². The van der Waals surface area contributed by atoms with Crippen LogP contribution in [0.2, 0.25) is 0 Å². The third-order valence-electron chi connectivity index (χ3n) is 7.75. The number of hydrogen-bond acceptors (Lipinski definition) is 7. The third-order valence-corrected chi connectivity index (χ3v) is 7.75. The fourth-order valence-electron chi connectivity index (χ4n) is 4.99. The van der Waals surface area contributed by atoms with Gasteiger partial charge in [-0.25, -0.2) is 4.79 Å². The van der Waals surface area contributed by atoms with Gasteiger partial charge in [-0.05, 0) is 62.3 Å². The van der Waals surface area contributed by atoms with E-state index in [0.717, 1.165) is 24.0 Å². The molecule has 0 saturated heterocycles. The van der Waals surface area contributed by atoms with E-state index in [-0.39, 0.29) is 24.0 Å². The number of ether oxygens (including phenoxy) is 2. The number of aliphatic hydroxyl groups excluding tert-OH is 1. The van der Waals surface area contributed by atoms with E-state index in [1.165, 1.54) is 13.2 Å². The number of fused-ring (bicyclic) bond motifs is 2. The van der Waals surface area contributed by atoms with Crippen molar-refractivity contribution in [1.29, 1.82) is 0 Å². The van der Waals surface area contributed by atoms with Crippen molar-refractivity contribution in [3.05, 3.63) is 71.9 Å². The van der Waals surface area contributed by atoms with Crippen molar-refractivity contribution in [2.75, 3.05) is 12.4 Å². The first-order chi connectivity index (χ1) is 21.4. The minimum atomic E-state index is -0.880. The Hall–Kier alpha value is -3.69. The molecule has 45 heavy (non-hydrogen) atoms. The van der Waals surface area contributed by atoms with Crippen LogP contribution in [0.4, 0.5) is 5.69 Å². The van der Waals surface area contributed by atoms with E-state index in [9.17, 15) is 24.6 Å². The number of methoxy groups -OCH3 is 1. The summed E-state index contributed by atoms with van der Waals surface area (Å²) in [6.07, 6.45) is 14.5. The topological polar surface area (TPSA) is 134 Å². The smallest absolute Gasteiger partial charge is 0.328 e. The molecule has 1 aliphatic rings. The lowest BCUT2D eigenvalue weighted by Crippen LogP contribution is -2.43. The number of nitrogens with one attached hydrogen (secondary N) is 2. The van der Waals surface area contributed by atoms with Crippen molar-refractivity contribution < 1.29 is 34.1 Å². The average Bonchev–Trinajstić information content (AvgIpc) is 2.97. The fourth-order valence-corrected chi connectivity index (χ4v) is 4.99. The molecule has 1 aliphatic heterocycles. The van der Waals surface area contributed by atoms with E-state index in [1.54, 1.807) is 31.2 Å². The Morgan fingerprint density at radius 3 is 2.56 bits per heavy atom. The molecular formula is C36H52N2O7. The SMILES string of the molecule is COC1C=CC=CC=CCC(OC(=O)C(C)NC(=O)CCCC(C)C)C(C)C(O)C(C)=CCCc2cc(O)cc(c2)NC(=O)C1. The summed E-state index contributed by atoms with van der Waals surface area (Å²) in [5.74, 6) is -0.874. The van der Waals surface area contributed by atoms with Gasteiger partial charge in [0.1, 0.15) is 17.9 Å². The second-order valence-corrected chi connectivity index (χ2v) is 12.2. The van der Waals surface area contributed by atoms with Crippen molar-refractivity contribution in [2.24, 2.45) is 11.8 Å². The van der Waals surface area contributed by atoms with Crippen LogP contribution in [0.15, 0.2) is 66.3 Å². The van der Waals surface area contributed by atoms with E-state index in [1.807, 2.05) is 44.2 Å². The van der Waals surface area contributed by atoms with Gasteiger partial charge in [0.25, 0.3) is 0 Å². The number of amides is 2. The summed E-state index contributed by atoms with van der Waals surface area (Å²) in [6.45, 7) is 9.49. The quantitative estimate of drug-likeness (QED) is 0.208. The van der Waals surface area contributed by atoms with E-state index >= 15 is 0 Å². The maximum atomic E-state index is 13.0. The van der Waals surface area contributed by atoms with Gasteiger partial charge < -0.3 is 30.3 Å². The van der Waals surface area contributed by atoms with Crippen LogP contribution < -0.4 is 10.6 Å². The number of hydrogen-bond donors (Lipinski definition) is 4. The average molecular weight is 625 g/mol. The maximum Gasteiger partial charge on any atom is 0.328 e. The number of rotatable bonds is 8. The zero-order valence-corrected chi connectivity index (χ0v) is 27.6. The van der Waals surface area contributed by atoms with Gasteiger partial charge >= 0.3 is 5.97 Å². The number of allylic oxidation sites excluding steroid dienone is 5. The van der Waals surface area contributed by atoms with Crippen molar-refractivity contribution in [3.63, 3.8) is 0 Å². The number of aryl methyl sites for hydroxylation is 1. The van der Waals surface area contributed by atoms with Gasteiger partial charge in [-0.3, -0.25) is 9.59 Å². The molecule has 0 aromatic heterocycles. The van der Waals surface area contributed by atoms with Crippen LogP contribution in [0.1, 0.15) is 78.7 Å². The Balaban J connectivity index is 2.25. The minimum Gasteiger partial charge on any atom is -0.508 e. The van der Waals surface area contributed by atoms with Gasteiger partial charge in [-0.1, -0.05) is 69.7 Å². The Morgan fingerprint density at radius 1 is 1.11 bits per heavy atom. The first-order valence-electron chi connectivity index (χ1n) is 15.9. The summed E-state index contributed by atoms with van der Waals surface area (Å²) < 4.78 is 11.3. The number of carbonyl (C=O) groups excluding carboxylic acids is 3. The minimum absolute atomic E-state index is 0.0435. The summed E-state index contributed by atoms with van der Waals surface area (Å²) >= 11 is 0. The number of carbonyl (C=O) groups is 3. The molecule has 5 unspecified atom stereocenters. The Labute approximate surface area is 268 Å². The van der Waals surface area contributed by atoms with E-state index in [2.05, 4.69) is 24.5 Å². The Kier molecular flexibility index (Phi) is 16.4. The van der Waals surface area contributed by atoms with Crippen LogP contribution in [0.5, 0.6) is 5.75 Å². The third kappa shape index (κ3) is 14.3. The number of esters is 1. The van der Waals surface area contributed by atoms with Crippen molar-refractivity contribution in [1.82, 2.24) is 5.32 Å². The number of aromatic hydroxyl groups is 1. The lowest BCUT2D eigenvalue weighted by molar-refractivity contribution is -0.156. The molecule has 1 aromatic carbocycles. The van der Waals surface area contributed by atoms with Gasteiger partial charge in [-0.2, -0.15) is 0 Å². The van der Waals surface area contributed by atoms with E-state index in [4.69, 9.17) is 9.47 Å². The molecule has 0 spiro atoms. The molecule has 0 saturated carbocycles. The first kappa shape index (κ1) is 37.5. The van der Waals surface area contributed by atoms with Crippen LogP contribution in [-0.2, 0) is 30.3 Å². The molecular weight excluding hydrogens is 572 g/mol. The predicted octanol–water partition coefficient (Wildman–Crippen LogP) is 5.93. The van der Waals surface area contributed by atoms with Crippen molar-refractivity contribution in [3.8, 4) is 5.75 Å². The van der Waals surface area contributed by atoms with Gasteiger partial charge in [0, 0.05) is 37.6 Å². The zero-order chi connectivity index (χ0) is 33.4. The van der Waals surface area contributed by atoms with Crippen molar-refractivity contribution >= 4 is 23.5 Å². The standard InChI is InChI=1S/C36H52N2O7/c1-24(2)14-12-19-33(40)37-27(5)36(43)45-32-18-11-9-7-8-10-17-31(44-6)23-34(41)38-29-20-28(21-30(39)22-29)16-13-15-25(3)35(42)26(32)4/h7-11,15,17,20-22,24,26-27,31-32,35,39,42H,12-14,16,18-19,23H2,1-6H3,(H,37,40)(H,38,41). The van der Waals surface area contributed by atoms with Crippen LogP contribution in [-0.4, -0.2) is 59.5 Å². The zero-order valence-electron chi connectivity index (χ0n) is 27.6. The fraction of sp³-hybridized carbons (Fsp3) is 0.528. The largest absolute Gasteiger partial charge is 0.508 e. The van der Waals surface area contributed by atoms with Gasteiger partial charge in [-0.15, -0.1) is 0 Å². The lowest BCUT2D eigenvalue weighted by Gasteiger charge is -2.29. The highest BCUT2D eigenvalue weighted by Crippen LogP contribution is 2.24. The molecule has 2 rings (SSSR count). The second kappa shape index (κ2) is 19.6.